The number of anilines is 2. The summed E-state index contributed by atoms with van der Waals surface area (Å²) in [5, 5.41) is 14.1. The third kappa shape index (κ3) is 4.17. The van der Waals surface area contributed by atoms with Gasteiger partial charge in [0.1, 0.15) is 5.75 Å². The quantitative estimate of drug-likeness (QED) is 0.384. The Morgan fingerprint density at radius 1 is 1.07 bits per heavy atom. The molecule has 4 aromatic rings. The molecule has 0 aliphatic rings. The molecule has 0 saturated heterocycles. The van der Waals surface area contributed by atoms with E-state index in [9.17, 15) is 4.79 Å². The minimum atomic E-state index is -0.390. The largest absolute Gasteiger partial charge is 0.494 e. The molecule has 0 radical (unpaired) electrons. The molecule has 0 unspecified atom stereocenters. The van der Waals surface area contributed by atoms with Crippen molar-refractivity contribution in [2.75, 3.05) is 17.2 Å². The molecule has 0 fully saturated rings. The summed E-state index contributed by atoms with van der Waals surface area (Å²) in [4.78, 5) is 12.4. The van der Waals surface area contributed by atoms with E-state index in [0.29, 0.717) is 23.1 Å². The summed E-state index contributed by atoms with van der Waals surface area (Å²) in [5.41, 5.74) is 3.26. The number of rotatable bonds is 5. The van der Waals surface area contributed by atoms with Crippen LogP contribution in [-0.2, 0) is 0 Å². The second kappa shape index (κ2) is 8.24. The first-order valence-corrected chi connectivity index (χ1v) is 9.55. The zero-order valence-electron chi connectivity index (χ0n) is 15.7. The van der Waals surface area contributed by atoms with Gasteiger partial charge in [0.15, 0.2) is 5.82 Å². The highest BCUT2D eigenvalue weighted by Crippen LogP contribution is 2.34. The van der Waals surface area contributed by atoms with Gasteiger partial charge in [-0.1, -0.05) is 41.9 Å². The Kier molecular flexibility index (Phi) is 5.35. The highest BCUT2D eigenvalue weighted by molar-refractivity contribution is 6.34. The molecule has 0 aliphatic carbocycles. The van der Waals surface area contributed by atoms with Gasteiger partial charge < -0.3 is 10.1 Å². The van der Waals surface area contributed by atoms with E-state index in [-0.39, 0.29) is 0 Å². The lowest BCUT2D eigenvalue weighted by Crippen LogP contribution is -2.19. The molecule has 0 atom stereocenters. The van der Waals surface area contributed by atoms with E-state index in [1.165, 1.54) is 0 Å². The first-order chi connectivity index (χ1) is 14.1. The van der Waals surface area contributed by atoms with Gasteiger partial charge in [-0.2, -0.15) is 5.10 Å². The number of carbonyl (C=O) groups excluding carboxylic acids is 1. The van der Waals surface area contributed by atoms with E-state index in [1.807, 2.05) is 49.4 Å². The van der Waals surface area contributed by atoms with Crippen LogP contribution in [0.1, 0.15) is 6.92 Å². The van der Waals surface area contributed by atoms with Crippen molar-refractivity contribution in [1.82, 2.24) is 10.2 Å². The van der Waals surface area contributed by atoms with Crippen LogP contribution < -0.4 is 15.4 Å². The van der Waals surface area contributed by atoms with Crippen LogP contribution in [0.5, 0.6) is 5.75 Å². The number of carbonyl (C=O) groups is 1. The van der Waals surface area contributed by atoms with Crippen LogP contribution in [0.4, 0.5) is 16.3 Å². The molecule has 4 rings (SSSR count). The van der Waals surface area contributed by atoms with Crippen molar-refractivity contribution in [2.45, 2.75) is 6.92 Å². The number of nitrogens with zero attached hydrogens (tertiary/aromatic N) is 1. The van der Waals surface area contributed by atoms with Crippen molar-refractivity contribution in [3.63, 3.8) is 0 Å². The Hall–Kier alpha value is -3.51. The van der Waals surface area contributed by atoms with Gasteiger partial charge in [0, 0.05) is 16.6 Å². The number of hydrogen-bond donors (Lipinski definition) is 3. The summed E-state index contributed by atoms with van der Waals surface area (Å²) in [6.07, 6.45) is 0. The highest BCUT2D eigenvalue weighted by atomic mass is 35.5. The van der Waals surface area contributed by atoms with E-state index >= 15 is 0 Å². The fourth-order valence-corrected chi connectivity index (χ4v) is 3.32. The first-order valence-electron chi connectivity index (χ1n) is 9.18. The van der Waals surface area contributed by atoms with E-state index in [1.54, 1.807) is 24.3 Å². The van der Waals surface area contributed by atoms with Crippen LogP contribution in [0.2, 0.25) is 5.02 Å². The van der Waals surface area contributed by atoms with Gasteiger partial charge in [-0.15, -0.1) is 0 Å². The number of ether oxygens (including phenoxy) is 1. The average molecular weight is 407 g/mol. The molecule has 2 amide bonds. The molecule has 3 aromatic carbocycles. The Morgan fingerprint density at radius 3 is 2.55 bits per heavy atom. The van der Waals surface area contributed by atoms with Gasteiger partial charge in [-0.25, -0.2) is 4.79 Å². The number of fused-ring (bicyclic) bond motifs is 1. The van der Waals surface area contributed by atoms with E-state index in [2.05, 4.69) is 20.8 Å². The number of halogens is 1. The number of aromatic amines is 1. The van der Waals surface area contributed by atoms with E-state index in [4.69, 9.17) is 16.3 Å². The second-order valence-corrected chi connectivity index (χ2v) is 6.76. The number of urea groups is 1. The maximum Gasteiger partial charge on any atom is 0.324 e. The van der Waals surface area contributed by atoms with Crippen molar-refractivity contribution in [3.8, 4) is 16.9 Å². The Balaban J connectivity index is 1.55. The average Bonchev–Trinajstić information content (AvgIpc) is 3.11. The molecule has 29 heavy (non-hydrogen) atoms. The van der Waals surface area contributed by atoms with Gasteiger partial charge in [-0.05, 0) is 48.9 Å². The summed E-state index contributed by atoms with van der Waals surface area (Å²) in [6.45, 7) is 2.51. The van der Waals surface area contributed by atoms with Crippen molar-refractivity contribution < 1.29 is 9.53 Å². The van der Waals surface area contributed by atoms with Gasteiger partial charge in [0.05, 0.1) is 17.1 Å². The van der Waals surface area contributed by atoms with Gasteiger partial charge in [0.25, 0.3) is 0 Å². The molecule has 1 heterocycles. The maximum atomic E-state index is 12.4. The number of amides is 2. The number of H-pyrrole nitrogens is 1. The first kappa shape index (κ1) is 18.8. The Morgan fingerprint density at radius 2 is 1.83 bits per heavy atom. The predicted molar refractivity (Wildman–Crippen MR) is 117 cm³/mol. The monoisotopic (exact) mass is 406 g/mol. The van der Waals surface area contributed by atoms with Crippen LogP contribution in [0.15, 0.2) is 66.7 Å². The molecule has 1 aromatic heterocycles. The molecule has 3 N–H and O–H groups in total. The summed E-state index contributed by atoms with van der Waals surface area (Å²) >= 11 is 6.44. The van der Waals surface area contributed by atoms with Crippen LogP contribution in [0.25, 0.3) is 22.0 Å². The topological polar surface area (TPSA) is 79.0 Å². The molecule has 0 spiro atoms. The minimum absolute atomic E-state index is 0.390. The smallest absolute Gasteiger partial charge is 0.324 e. The molecular formula is C22H19ClN4O2. The van der Waals surface area contributed by atoms with E-state index < -0.39 is 6.03 Å². The number of hydrogen-bond acceptors (Lipinski definition) is 3. The molecule has 0 saturated carbocycles. The highest BCUT2D eigenvalue weighted by Gasteiger charge is 2.13. The maximum absolute atomic E-state index is 12.4. The normalized spacial score (nSPS) is 10.7. The summed E-state index contributed by atoms with van der Waals surface area (Å²) in [6, 6.07) is 20.3. The summed E-state index contributed by atoms with van der Waals surface area (Å²) in [5.74, 6) is 1.18. The fraction of sp³-hybridized carbons (Fsp3) is 0.0909. The van der Waals surface area contributed by atoms with Crippen molar-refractivity contribution in [1.29, 1.82) is 0 Å². The van der Waals surface area contributed by atoms with Crippen molar-refractivity contribution in [2.24, 2.45) is 0 Å². The van der Waals surface area contributed by atoms with E-state index in [0.717, 1.165) is 27.8 Å². The Bertz CT molecular complexity index is 1140. The van der Waals surface area contributed by atoms with Crippen molar-refractivity contribution >= 4 is 40.0 Å². The lowest BCUT2D eigenvalue weighted by atomic mass is 10.0. The number of aromatic nitrogens is 2. The zero-order valence-corrected chi connectivity index (χ0v) is 16.5. The van der Waals surface area contributed by atoms with Crippen LogP contribution in [0, 0.1) is 0 Å². The SMILES string of the molecule is CCOc1ccc(NC(=O)Nc2n[nH]c3cc(Cl)c(-c4ccccc4)cc23)cc1. The number of benzene rings is 3. The zero-order chi connectivity index (χ0) is 20.2. The van der Waals surface area contributed by atoms with Crippen molar-refractivity contribution in [3.05, 3.63) is 71.8 Å². The van der Waals surface area contributed by atoms with Gasteiger partial charge in [-0.3, -0.25) is 10.4 Å². The molecule has 6 nitrogen and oxygen atoms in total. The molecule has 7 heteroatoms. The molecular weight excluding hydrogens is 388 g/mol. The third-order valence-electron chi connectivity index (χ3n) is 4.39. The molecule has 0 aliphatic heterocycles. The van der Waals surface area contributed by atoms with Gasteiger partial charge in [0.2, 0.25) is 0 Å². The lowest BCUT2D eigenvalue weighted by Gasteiger charge is -2.08. The summed E-state index contributed by atoms with van der Waals surface area (Å²) in [7, 11) is 0. The van der Waals surface area contributed by atoms with Crippen LogP contribution in [0.3, 0.4) is 0 Å². The van der Waals surface area contributed by atoms with Gasteiger partial charge >= 0.3 is 6.03 Å². The second-order valence-electron chi connectivity index (χ2n) is 6.35. The fourth-order valence-electron chi connectivity index (χ4n) is 3.04. The van der Waals surface area contributed by atoms with Crippen LogP contribution in [-0.4, -0.2) is 22.8 Å². The minimum Gasteiger partial charge on any atom is -0.494 e. The lowest BCUT2D eigenvalue weighted by molar-refractivity contribution is 0.262. The standard InChI is InChI=1S/C22H19ClN4O2/c1-2-29-16-10-8-15(9-11-16)24-22(28)25-21-18-12-17(14-6-4-3-5-7-14)19(23)13-20(18)26-27-21/h3-13H,2H2,1H3,(H3,24,25,26,27,28). The van der Waals surface area contributed by atoms with Crippen LogP contribution >= 0.6 is 11.6 Å². The number of nitrogens with one attached hydrogen (secondary N) is 3. The molecule has 0 bridgehead atoms. The Labute approximate surface area is 172 Å². The summed E-state index contributed by atoms with van der Waals surface area (Å²) < 4.78 is 5.40. The third-order valence-corrected chi connectivity index (χ3v) is 4.70. The predicted octanol–water partition coefficient (Wildman–Crippen LogP) is 5.93. The molecule has 146 valence electrons.